The van der Waals surface area contributed by atoms with Crippen LogP contribution in [0.1, 0.15) is 54.6 Å². The molecule has 1 saturated carbocycles. The fourth-order valence-corrected chi connectivity index (χ4v) is 6.88. The van der Waals surface area contributed by atoms with Crippen LogP contribution in [0.3, 0.4) is 0 Å². The van der Waals surface area contributed by atoms with Crippen molar-refractivity contribution >= 4 is 33.8 Å². The average molecular weight is 585 g/mol. The first kappa shape index (κ1) is 27.9. The highest BCUT2D eigenvalue weighted by atomic mass is 16.5. The summed E-state index contributed by atoms with van der Waals surface area (Å²) in [6.07, 6.45) is 3.58. The average Bonchev–Trinajstić information content (AvgIpc) is 3.59. The Morgan fingerprint density at radius 1 is 1.16 bits per heavy atom. The second-order valence-corrected chi connectivity index (χ2v) is 12.5. The number of piperidine rings is 1. The van der Waals surface area contributed by atoms with Crippen molar-refractivity contribution in [1.29, 1.82) is 0 Å². The minimum Gasteiger partial charge on any atom is -0.494 e. The molecule has 10 nitrogen and oxygen atoms in total. The van der Waals surface area contributed by atoms with Crippen LogP contribution in [0.4, 0.5) is 0 Å². The van der Waals surface area contributed by atoms with Gasteiger partial charge in [0.2, 0.25) is 5.91 Å². The molecule has 3 N–H and O–H groups in total. The Balaban J connectivity index is 1.30. The van der Waals surface area contributed by atoms with E-state index in [2.05, 4.69) is 38.7 Å². The molecule has 4 heterocycles. The second kappa shape index (κ2) is 11.0. The van der Waals surface area contributed by atoms with E-state index in [1.165, 1.54) is 0 Å². The number of fused-ring (bicyclic) bond motifs is 3. The van der Waals surface area contributed by atoms with Gasteiger partial charge in [0.1, 0.15) is 11.3 Å². The number of aryl methyl sites for hydroxylation is 2. The molecule has 226 valence electrons. The van der Waals surface area contributed by atoms with Crippen LogP contribution in [0.2, 0.25) is 0 Å². The minimum atomic E-state index is -0.0979. The number of nitrogens with zero attached hydrogens (tertiary/aromatic N) is 4. The zero-order chi connectivity index (χ0) is 29.8. The summed E-state index contributed by atoms with van der Waals surface area (Å²) in [5, 5.41) is 4.31. The van der Waals surface area contributed by atoms with Gasteiger partial charge in [-0.3, -0.25) is 9.59 Å². The van der Waals surface area contributed by atoms with Gasteiger partial charge in [0.15, 0.2) is 5.82 Å². The van der Waals surface area contributed by atoms with Gasteiger partial charge in [-0.15, -0.1) is 0 Å². The van der Waals surface area contributed by atoms with Crippen LogP contribution in [-0.4, -0.2) is 70.3 Å². The summed E-state index contributed by atoms with van der Waals surface area (Å²) in [7, 11) is 3.62. The van der Waals surface area contributed by atoms with Gasteiger partial charge in [0, 0.05) is 61.7 Å². The predicted octanol–water partition coefficient (Wildman–Crippen LogP) is 4.00. The lowest BCUT2D eigenvalue weighted by Crippen LogP contribution is -2.45. The van der Waals surface area contributed by atoms with Gasteiger partial charge in [-0.05, 0) is 68.4 Å². The van der Waals surface area contributed by atoms with E-state index in [0.29, 0.717) is 49.1 Å². The van der Waals surface area contributed by atoms with Crippen LogP contribution in [0, 0.1) is 11.8 Å². The highest BCUT2D eigenvalue weighted by Gasteiger charge is 2.43. The Bertz CT molecular complexity index is 1720. The van der Waals surface area contributed by atoms with Crippen molar-refractivity contribution in [3.8, 4) is 17.3 Å². The van der Waals surface area contributed by atoms with Gasteiger partial charge >= 0.3 is 0 Å². The molecule has 0 radical (unpaired) electrons. The maximum absolute atomic E-state index is 13.5. The van der Waals surface area contributed by atoms with E-state index in [1.54, 1.807) is 7.11 Å². The van der Waals surface area contributed by atoms with Crippen molar-refractivity contribution in [2.24, 2.45) is 24.6 Å². The first-order valence-electron chi connectivity index (χ1n) is 15.4. The van der Waals surface area contributed by atoms with Gasteiger partial charge in [0.05, 0.1) is 31.0 Å². The number of aromatic nitrogens is 3. The fraction of sp³-hybridized carbons (Fsp3) is 0.485. The molecule has 2 aromatic carbocycles. The summed E-state index contributed by atoms with van der Waals surface area (Å²) in [6, 6.07) is 12.2. The summed E-state index contributed by atoms with van der Waals surface area (Å²) < 4.78 is 16.2. The summed E-state index contributed by atoms with van der Waals surface area (Å²) in [6.45, 7) is 5.32. The number of amides is 2. The summed E-state index contributed by atoms with van der Waals surface area (Å²) in [4.78, 5) is 33.2. The first-order valence-corrected chi connectivity index (χ1v) is 15.4. The largest absolute Gasteiger partial charge is 0.494 e. The lowest BCUT2D eigenvalue weighted by Gasteiger charge is -2.30. The third kappa shape index (κ3) is 5.06. The Morgan fingerprint density at radius 2 is 2.02 bits per heavy atom. The van der Waals surface area contributed by atoms with Crippen LogP contribution in [0.15, 0.2) is 36.4 Å². The SMILES string of the molecule is COc1cc(C(=O)N2CCC[C@@H](N)C2)cc2nc(-c3cc4ccc5cc4n3CCCOC[C@H]3C[C@H]3C(=O)N[C@@H]5C)n(C)c12. The molecule has 2 aliphatic heterocycles. The quantitative estimate of drug-likeness (QED) is 0.376. The molecule has 43 heavy (non-hydrogen) atoms. The van der Waals surface area contributed by atoms with Crippen molar-refractivity contribution in [3.63, 3.8) is 0 Å². The summed E-state index contributed by atoms with van der Waals surface area (Å²) >= 11 is 0. The molecule has 4 atom stereocenters. The molecule has 0 spiro atoms. The highest BCUT2D eigenvalue weighted by molar-refractivity contribution is 6.00. The first-order chi connectivity index (χ1) is 20.8. The van der Waals surface area contributed by atoms with E-state index in [1.807, 2.05) is 31.0 Å². The third-order valence-corrected chi connectivity index (χ3v) is 9.42. The molecule has 1 saturated heterocycles. The van der Waals surface area contributed by atoms with Crippen LogP contribution in [0.5, 0.6) is 5.75 Å². The Labute approximate surface area is 251 Å². The number of nitrogens with two attached hydrogens (primary N) is 1. The van der Waals surface area contributed by atoms with E-state index >= 15 is 0 Å². The molecule has 0 unspecified atom stereocenters. The highest BCUT2D eigenvalue weighted by Crippen LogP contribution is 2.40. The molecule has 10 heteroatoms. The maximum atomic E-state index is 13.5. The number of ether oxygens (including phenoxy) is 2. The summed E-state index contributed by atoms with van der Waals surface area (Å²) in [5.41, 5.74) is 11.4. The zero-order valence-corrected chi connectivity index (χ0v) is 25.1. The number of benzene rings is 2. The van der Waals surface area contributed by atoms with Gasteiger partial charge in [0.25, 0.3) is 5.91 Å². The molecular weight excluding hydrogens is 544 g/mol. The van der Waals surface area contributed by atoms with Crippen molar-refractivity contribution in [1.82, 2.24) is 24.3 Å². The molecule has 3 aliphatic rings. The monoisotopic (exact) mass is 584 g/mol. The molecule has 7 rings (SSSR count). The molecule has 2 aromatic heterocycles. The zero-order valence-electron chi connectivity index (χ0n) is 25.1. The molecule has 2 amide bonds. The van der Waals surface area contributed by atoms with E-state index in [-0.39, 0.29) is 29.8 Å². The molecule has 2 bridgehead atoms. The molecular formula is C33H40N6O4. The van der Waals surface area contributed by atoms with Gasteiger partial charge < -0.3 is 34.6 Å². The van der Waals surface area contributed by atoms with Crippen molar-refractivity contribution in [2.75, 3.05) is 33.4 Å². The van der Waals surface area contributed by atoms with Crippen molar-refractivity contribution in [2.45, 2.75) is 51.2 Å². The number of rotatable bonds is 3. The maximum Gasteiger partial charge on any atom is 0.254 e. The molecule has 1 aliphatic carbocycles. The summed E-state index contributed by atoms with van der Waals surface area (Å²) in [5.74, 6) is 1.85. The lowest BCUT2D eigenvalue weighted by molar-refractivity contribution is -0.123. The number of hydrogen-bond acceptors (Lipinski definition) is 6. The smallest absolute Gasteiger partial charge is 0.254 e. The number of carbonyl (C=O) groups excluding carboxylic acids is 2. The molecule has 2 fully saturated rings. The van der Waals surface area contributed by atoms with E-state index < -0.39 is 0 Å². The third-order valence-electron chi connectivity index (χ3n) is 9.42. The molecule has 4 aromatic rings. The van der Waals surface area contributed by atoms with Gasteiger partial charge in [-0.1, -0.05) is 12.1 Å². The Morgan fingerprint density at radius 3 is 2.84 bits per heavy atom. The van der Waals surface area contributed by atoms with Crippen LogP contribution < -0.4 is 15.8 Å². The number of hydrogen-bond donors (Lipinski definition) is 2. The second-order valence-electron chi connectivity index (χ2n) is 12.5. The number of methoxy groups -OCH3 is 1. The number of nitrogens with one attached hydrogen (secondary N) is 1. The predicted molar refractivity (Wildman–Crippen MR) is 165 cm³/mol. The fourth-order valence-electron chi connectivity index (χ4n) is 6.88. The number of likely N-dealkylation sites (tertiary alicyclic amines) is 1. The Kier molecular flexibility index (Phi) is 7.13. The standard InChI is InChI=1S/C33H40N6O4/c1-19-20-7-8-21-15-28(39(27(21)14-20)10-5-11-43-18-23-12-25(23)32(40)35-19)31-36-26-13-22(16-29(42-3)30(26)37(31)2)33(41)38-9-4-6-24(34)17-38/h7-8,13-16,19,23-25H,4-6,9-12,17-18,34H2,1-3H3,(H,35,40)/t19-,23-,24-,25-/m1/s1. The minimum absolute atomic E-state index is 0.00493. The van der Waals surface area contributed by atoms with E-state index in [0.717, 1.165) is 65.7 Å². The van der Waals surface area contributed by atoms with E-state index in [9.17, 15) is 9.59 Å². The number of carbonyl (C=O) groups is 2. The van der Waals surface area contributed by atoms with Gasteiger partial charge in [-0.2, -0.15) is 0 Å². The normalized spacial score (nSPS) is 24.6. The topological polar surface area (TPSA) is 117 Å². The van der Waals surface area contributed by atoms with Crippen molar-refractivity contribution < 1.29 is 19.1 Å². The van der Waals surface area contributed by atoms with Gasteiger partial charge in [-0.25, -0.2) is 4.98 Å². The van der Waals surface area contributed by atoms with Crippen LogP contribution in [0.25, 0.3) is 33.5 Å². The van der Waals surface area contributed by atoms with Crippen LogP contribution >= 0.6 is 0 Å². The number of imidazole rings is 1. The van der Waals surface area contributed by atoms with E-state index in [4.69, 9.17) is 20.2 Å². The van der Waals surface area contributed by atoms with Crippen molar-refractivity contribution in [3.05, 3.63) is 47.5 Å². The Hall–Kier alpha value is -3.89. The lowest BCUT2D eigenvalue weighted by atomic mass is 10.0. The van der Waals surface area contributed by atoms with Crippen LogP contribution in [-0.2, 0) is 23.1 Å².